The summed E-state index contributed by atoms with van der Waals surface area (Å²) in [6.07, 6.45) is 0.182. The van der Waals surface area contributed by atoms with Gasteiger partial charge >= 0.3 is 0 Å². The summed E-state index contributed by atoms with van der Waals surface area (Å²) in [5, 5.41) is 16.9. The minimum atomic E-state index is -0.206. The van der Waals surface area contributed by atoms with Gasteiger partial charge in [0.05, 0.1) is 36.2 Å². The number of pyridine rings is 1. The van der Waals surface area contributed by atoms with E-state index in [1.165, 1.54) is 23.1 Å². The largest absolute Gasteiger partial charge is 0.497 e. The van der Waals surface area contributed by atoms with Crippen molar-refractivity contribution in [3.63, 3.8) is 0 Å². The summed E-state index contributed by atoms with van der Waals surface area (Å²) in [6.45, 7) is 0. The first-order valence-electron chi connectivity index (χ1n) is 13.0. The number of hydrogen-bond acceptors (Lipinski definition) is 8. The monoisotopic (exact) mass is 646 g/mol. The van der Waals surface area contributed by atoms with Crippen LogP contribution in [0.5, 0.6) is 11.5 Å². The van der Waals surface area contributed by atoms with Crippen LogP contribution in [0.3, 0.4) is 0 Å². The van der Waals surface area contributed by atoms with Gasteiger partial charge < -0.3 is 14.8 Å². The van der Waals surface area contributed by atoms with Gasteiger partial charge in [0, 0.05) is 44.8 Å². The number of methoxy groups -OCH3 is 2. The lowest BCUT2D eigenvalue weighted by Gasteiger charge is -2.15. The van der Waals surface area contributed by atoms with Crippen molar-refractivity contribution in [3.8, 4) is 51.2 Å². The molecule has 2 heterocycles. The molecule has 0 aliphatic carbocycles. The third-order valence-corrected chi connectivity index (χ3v) is 8.67. The molecule has 2 aromatic heterocycles. The Hall–Kier alpha value is -4.07. The quantitative estimate of drug-likeness (QED) is 0.151. The number of thiazole rings is 1. The number of halogens is 2. The summed E-state index contributed by atoms with van der Waals surface area (Å²) in [4.78, 5) is 22.2. The third kappa shape index (κ3) is 7.12. The van der Waals surface area contributed by atoms with Gasteiger partial charge in [-0.1, -0.05) is 53.5 Å². The number of hydrogen-bond donors (Lipinski definition) is 1. The summed E-state index contributed by atoms with van der Waals surface area (Å²) in [7, 11) is 3.17. The normalized spacial score (nSPS) is 10.7. The zero-order chi connectivity index (χ0) is 30.3. The smallest absolute Gasteiger partial charge is 0.226 e. The third-order valence-electron chi connectivity index (χ3n) is 6.39. The van der Waals surface area contributed by atoms with Gasteiger partial charge in [0.2, 0.25) is 5.91 Å². The van der Waals surface area contributed by atoms with Gasteiger partial charge in [0.1, 0.15) is 22.6 Å². The number of benzene rings is 3. The van der Waals surface area contributed by atoms with Gasteiger partial charge in [-0.3, -0.25) is 4.79 Å². The minimum Gasteiger partial charge on any atom is -0.497 e. The highest BCUT2D eigenvalue weighted by Crippen LogP contribution is 2.40. The minimum absolute atomic E-state index is 0.182. The van der Waals surface area contributed by atoms with Crippen molar-refractivity contribution in [2.24, 2.45) is 0 Å². The number of ether oxygens (including phenoxy) is 2. The SMILES string of the molecule is COc1ccc(OC)c(-c2cc(-c3ccccc3)nc(SCCC(=O)Nc3nc(-c4ccc(Cl)cc4Cl)cs3)c2C#N)c1. The van der Waals surface area contributed by atoms with E-state index < -0.39 is 0 Å². The lowest BCUT2D eigenvalue weighted by molar-refractivity contribution is -0.115. The second-order valence-electron chi connectivity index (χ2n) is 9.09. The Morgan fingerprint density at radius 3 is 2.49 bits per heavy atom. The van der Waals surface area contributed by atoms with E-state index in [-0.39, 0.29) is 12.3 Å². The van der Waals surface area contributed by atoms with E-state index in [0.29, 0.717) is 65.5 Å². The van der Waals surface area contributed by atoms with E-state index in [0.717, 1.165) is 11.1 Å². The zero-order valence-corrected chi connectivity index (χ0v) is 26.2. The summed E-state index contributed by atoms with van der Waals surface area (Å²) in [5.74, 6) is 1.41. The Morgan fingerprint density at radius 2 is 1.77 bits per heavy atom. The molecule has 0 saturated carbocycles. The molecule has 5 rings (SSSR count). The molecular weight excluding hydrogens is 623 g/mol. The maximum Gasteiger partial charge on any atom is 0.226 e. The van der Waals surface area contributed by atoms with Crippen molar-refractivity contribution < 1.29 is 14.3 Å². The van der Waals surface area contributed by atoms with Crippen LogP contribution >= 0.6 is 46.3 Å². The molecule has 0 atom stereocenters. The number of anilines is 1. The fourth-order valence-corrected chi connectivity index (χ4v) is 6.48. The maximum atomic E-state index is 12.8. The first-order chi connectivity index (χ1) is 20.9. The average Bonchev–Trinajstić information content (AvgIpc) is 3.48. The summed E-state index contributed by atoms with van der Waals surface area (Å²) in [5.41, 5.74) is 4.74. The fourth-order valence-electron chi connectivity index (χ4n) is 4.30. The molecule has 3 aromatic carbocycles. The van der Waals surface area contributed by atoms with Crippen molar-refractivity contribution in [3.05, 3.63) is 93.8 Å². The summed E-state index contributed by atoms with van der Waals surface area (Å²) in [6, 6.07) is 24.6. The standard InChI is InChI=1S/C32H24Cl2N4O3S2/c1-40-21-9-11-29(41-2)24(15-21)23-16-27(19-6-4-3-5-7-19)36-31(25(23)17-35)42-13-12-30(39)38-32-37-28(18-43-32)22-10-8-20(33)14-26(22)34/h3-11,14-16,18H,12-13H2,1-2H3,(H,37,38,39). The van der Waals surface area contributed by atoms with Crippen molar-refractivity contribution in [1.82, 2.24) is 9.97 Å². The first kappa shape index (κ1) is 30.4. The molecule has 0 aliphatic heterocycles. The van der Waals surface area contributed by atoms with E-state index in [4.69, 9.17) is 37.7 Å². The number of nitrogens with one attached hydrogen (secondary N) is 1. The molecule has 216 valence electrons. The number of rotatable bonds is 10. The van der Waals surface area contributed by atoms with Crippen LogP contribution in [-0.4, -0.2) is 35.8 Å². The molecular formula is C32H24Cl2N4O3S2. The maximum absolute atomic E-state index is 12.8. The van der Waals surface area contributed by atoms with Crippen molar-refractivity contribution >= 4 is 57.3 Å². The van der Waals surface area contributed by atoms with Crippen LogP contribution in [0, 0.1) is 11.3 Å². The van der Waals surface area contributed by atoms with E-state index in [1.54, 1.807) is 44.6 Å². The van der Waals surface area contributed by atoms with Crippen molar-refractivity contribution in [2.75, 3.05) is 25.3 Å². The molecule has 7 nitrogen and oxygen atoms in total. The molecule has 0 aliphatic rings. The number of nitrogens with zero attached hydrogens (tertiary/aromatic N) is 3. The number of nitriles is 1. The average molecular weight is 648 g/mol. The topological polar surface area (TPSA) is 97.1 Å². The molecule has 0 unspecified atom stereocenters. The van der Waals surface area contributed by atoms with Crippen LogP contribution in [0.2, 0.25) is 10.0 Å². The molecule has 1 N–H and O–H groups in total. The van der Waals surface area contributed by atoms with E-state index in [2.05, 4.69) is 16.4 Å². The molecule has 1 amide bonds. The molecule has 0 spiro atoms. The number of carbonyl (C=O) groups excluding carboxylic acids is 1. The number of aromatic nitrogens is 2. The molecule has 0 fully saturated rings. The van der Waals surface area contributed by atoms with E-state index in [9.17, 15) is 10.1 Å². The highest BCUT2D eigenvalue weighted by molar-refractivity contribution is 7.99. The van der Waals surface area contributed by atoms with Gasteiger partial charge in [-0.25, -0.2) is 9.97 Å². The van der Waals surface area contributed by atoms with Crippen LogP contribution in [0.4, 0.5) is 5.13 Å². The second-order valence-corrected chi connectivity index (χ2v) is 11.9. The molecule has 0 saturated heterocycles. The van der Waals surface area contributed by atoms with E-state index >= 15 is 0 Å². The predicted octanol–water partition coefficient (Wildman–Crippen LogP) is 8.86. The van der Waals surface area contributed by atoms with E-state index in [1.807, 2.05) is 47.8 Å². The Bertz CT molecular complexity index is 1820. The van der Waals surface area contributed by atoms with Crippen LogP contribution in [0.1, 0.15) is 12.0 Å². The first-order valence-corrected chi connectivity index (χ1v) is 15.6. The van der Waals surface area contributed by atoms with Gasteiger partial charge in [-0.2, -0.15) is 5.26 Å². The number of carbonyl (C=O) groups is 1. The Kier molecular flexibility index (Phi) is 9.85. The number of amides is 1. The lowest BCUT2D eigenvalue weighted by Crippen LogP contribution is -2.12. The van der Waals surface area contributed by atoms with Crippen LogP contribution in [0.15, 0.2) is 83.2 Å². The zero-order valence-electron chi connectivity index (χ0n) is 23.1. The van der Waals surface area contributed by atoms with Crippen LogP contribution < -0.4 is 14.8 Å². The Labute approximate surface area is 267 Å². The Balaban J connectivity index is 1.38. The van der Waals surface area contributed by atoms with Gasteiger partial charge in [-0.05, 0) is 42.5 Å². The summed E-state index contributed by atoms with van der Waals surface area (Å²) < 4.78 is 11.1. The van der Waals surface area contributed by atoms with Crippen LogP contribution in [-0.2, 0) is 4.79 Å². The highest BCUT2D eigenvalue weighted by atomic mass is 35.5. The summed E-state index contributed by atoms with van der Waals surface area (Å²) >= 11 is 15.0. The van der Waals surface area contributed by atoms with Gasteiger partial charge in [-0.15, -0.1) is 23.1 Å². The number of thioether (sulfide) groups is 1. The molecule has 0 radical (unpaired) electrons. The molecule has 0 bridgehead atoms. The van der Waals surface area contributed by atoms with Crippen molar-refractivity contribution in [2.45, 2.75) is 11.4 Å². The fraction of sp³-hybridized carbons (Fsp3) is 0.125. The molecule has 11 heteroatoms. The van der Waals surface area contributed by atoms with Gasteiger partial charge in [0.15, 0.2) is 5.13 Å². The van der Waals surface area contributed by atoms with Crippen LogP contribution in [0.25, 0.3) is 33.6 Å². The molecule has 43 heavy (non-hydrogen) atoms. The predicted molar refractivity (Wildman–Crippen MR) is 174 cm³/mol. The molecule has 5 aromatic rings. The van der Waals surface area contributed by atoms with Gasteiger partial charge in [0.25, 0.3) is 0 Å². The second kappa shape index (κ2) is 13.9. The van der Waals surface area contributed by atoms with Crippen molar-refractivity contribution in [1.29, 1.82) is 5.26 Å². The highest BCUT2D eigenvalue weighted by Gasteiger charge is 2.20. The Morgan fingerprint density at radius 1 is 0.953 bits per heavy atom. The lowest BCUT2D eigenvalue weighted by atomic mass is 9.98.